The molecule has 0 bridgehead atoms. The first-order valence-electron chi connectivity index (χ1n) is 23.3. The van der Waals surface area contributed by atoms with Crippen molar-refractivity contribution in [2.45, 2.75) is 174 Å². The van der Waals surface area contributed by atoms with Crippen molar-refractivity contribution in [3.05, 3.63) is 85.1 Å². The SMILES string of the molecule is CC/C=C\C/C=C\C/C=C\C/C=C\C/C=C\CCCCCCCCCC(=O)OC(COCCCCCCCC/C=C\C/C=C\CCC)COP(=O)(O)OCC[N+](C)(C)C. The molecule has 0 saturated heterocycles. The number of hydrogen-bond donors (Lipinski definition) is 1. The maximum atomic E-state index is 12.7. The molecule has 0 aliphatic heterocycles. The Hall–Kier alpha value is -2.32. The predicted octanol–water partition coefficient (Wildman–Crippen LogP) is 14.1. The number of phosphoric acid groups is 1. The van der Waals surface area contributed by atoms with Crippen molar-refractivity contribution >= 4 is 13.8 Å². The van der Waals surface area contributed by atoms with Crippen LogP contribution in [0.5, 0.6) is 0 Å². The summed E-state index contributed by atoms with van der Waals surface area (Å²) in [5.41, 5.74) is 0. The highest BCUT2D eigenvalue weighted by atomic mass is 31.2. The van der Waals surface area contributed by atoms with Crippen molar-refractivity contribution in [2.75, 3.05) is 54.1 Å². The number of hydrogen-bond acceptors (Lipinski definition) is 6. The molecule has 0 amide bonds. The molecule has 0 aromatic heterocycles. The summed E-state index contributed by atoms with van der Waals surface area (Å²) in [6, 6.07) is 0. The molecule has 8 nitrogen and oxygen atoms in total. The average Bonchev–Trinajstić information content (AvgIpc) is 3.19. The average molecular weight is 847 g/mol. The summed E-state index contributed by atoms with van der Waals surface area (Å²) in [6.45, 7) is 5.39. The Morgan fingerprint density at radius 1 is 0.542 bits per heavy atom. The van der Waals surface area contributed by atoms with Gasteiger partial charge in [-0.05, 0) is 83.5 Å². The summed E-state index contributed by atoms with van der Waals surface area (Å²) < 4.78 is 35.0. The van der Waals surface area contributed by atoms with Crippen LogP contribution in [-0.2, 0) is 27.9 Å². The largest absolute Gasteiger partial charge is 0.472 e. The molecule has 9 heteroatoms. The van der Waals surface area contributed by atoms with Gasteiger partial charge in [0, 0.05) is 13.0 Å². The molecule has 59 heavy (non-hydrogen) atoms. The summed E-state index contributed by atoms with van der Waals surface area (Å²) in [7, 11) is 1.64. The lowest BCUT2D eigenvalue weighted by Gasteiger charge is -2.24. The van der Waals surface area contributed by atoms with Gasteiger partial charge in [0.25, 0.3) is 0 Å². The molecule has 0 aliphatic carbocycles. The van der Waals surface area contributed by atoms with Gasteiger partial charge in [0.2, 0.25) is 0 Å². The van der Waals surface area contributed by atoms with Crippen LogP contribution in [-0.4, -0.2) is 75.6 Å². The number of phosphoric ester groups is 1. The van der Waals surface area contributed by atoms with E-state index in [1.165, 1.54) is 51.4 Å². The topological polar surface area (TPSA) is 91.3 Å². The number of allylic oxidation sites excluding steroid dienone is 14. The molecule has 340 valence electrons. The molecule has 1 N–H and O–H groups in total. The second-order valence-electron chi connectivity index (χ2n) is 16.4. The Labute approximate surface area is 363 Å². The Bertz CT molecular complexity index is 1210. The first-order chi connectivity index (χ1) is 28.6. The van der Waals surface area contributed by atoms with Gasteiger partial charge < -0.3 is 18.9 Å². The molecule has 0 heterocycles. The van der Waals surface area contributed by atoms with Crippen molar-refractivity contribution < 1.29 is 37.3 Å². The molecule has 2 unspecified atom stereocenters. The van der Waals surface area contributed by atoms with E-state index < -0.39 is 13.9 Å². The van der Waals surface area contributed by atoms with E-state index in [0.29, 0.717) is 24.1 Å². The monoisotopic (exact) mass is 847 g/mol. The summed E-state index contributed by atoms with van der Waals surface area (Å²) in [6.07, 6.45) is 56.2. The van der Waals surface area contributed by atoms with E-state index in [-0.39, 0.29) is 25.8 Å². The van der Waals surface area contributed by atoms with Gasteiger partial charge in [0.05, 0.1) is 34.4 Å². The molecule has 2 atom stereocenters. The molecular weight excluding hydrogens is 758 g/mol. The van der Waals surface area contributed by atoms with E-state index in [9.17, 15) is 14.3 Å². The van der Waals surface area contributed by atoms with Crippen LogP contribution >= 0.6 is 7.82 Å². The number of rotatable bonds is 42. The number of likely N-dealkylation sites (N-methyl/N-ethyl adjacent to an activating group) is 1. The molecule has 0 aliphatic rings. The zero-order valence-electron chi connectivity index (χ0n) is 38.5. The minimum absolute atomic E-state index is 0.0793. The minimum atomic E-state index is -4.29. The second kappa shape index (κ2) is 42.4. The third-order valence-electron chi connectivity index (χ3n) is 9.42. The molecule has 0 radical (unpaired) electrons. The van der Waals surface area contributed by atoms with E-state index >= 15 is 0 Å². The molecule has 0 rings (SSSR count). The zero-order valence-corrected chi connectivity index (χ0v) is 39.4. The van der Waals surface area contributed by atoms with Crippen LogP contribution < -0.4 is 0 Å². The van der Waals surface area contributed by atoms with Crippen molar-refractivity contribution in [2.24, 2.45) is 0 Å². The van der Waals surface area contributed by atoms with Gasteiger partial charge in [-0.15, -0.1) is 0 Å². The highest BCUT2D eigenvalue weighted by Gasteiger charge is 2.26. The zero-order chi connectivity index (χ0) is 43.4. The second-order valence-corrected chi connectivity index (χ2v) is 17.9. The molecular formula is C50H89NO7P+. The molecule has 0 spiro atoms. The van der Waals surface area contributed by atoms with Crippen LogP contribution in [0.25, 0.3) is 0 Å². The van der Waals surface area contributed by atoms with E-state index in [1.54, 1.807) is 0 Å². The van der Waals surface area contributed by atoms with Crippen molar-refractivity contribution in [1.29, 1.82) is 0 Å². The predicted molar refractivity (Wildman–Crippen MR) is 251 cm³/mol. The smallest absolute Gasteiger partial charge is 0.457 e. The fraction of sp³-hybridized carbons (Fsp3) is 0.700. The number of ether oxygens (including phenoxy) is 2. The number of quaternary nitrogens is 1. The normalized spacial score (nSPS) is 14.5. The number of carbonyl (C=O) groups excluding carboxylic acids is 1. The summed E-state index contributed by atoms with van der Waals surface area (Å²) in [5, 5.41) is 0. The summed E-state index contributed by atoms with van der Waals surface area (Å²) in [5.74, 6) is -0.333. The lowest BCUT2D eigenvalue weighted by molar-refractivity contribution is -0.870. The maximum Gasteiger partial charge on any atom is 0.472 e. The molecule has 0 saturated carbocycles. The Morgan fingerprint density at radius 3 is 1.47 bits per heavy atom. The summed E-state index contributed by atoms with van der Waals surface area (Å²) >= 11 is 0. The van der Waals surface area contributed by atoms with Crippen molar-refractivity contribution in [3.8, 4) is 0 Å². The number of nitrogens with zero attached hydrogens (tertiary/aromatic N) is 1. The molecule has 0 fully saturated rings. The molecule has 0 aromatic rings. The third kappa shape index (κ3) is 46.6. The van der Waals surface area contributed by atoms with Crippen LogP contribution in [0.2, 0.25) is 0 Å². The Balaban J connectivity index is 4.23. The lowest BCUT2D eigenvalue weighted by atomic mass is 10.1. The lowest BCUT2D eigenvalue weighted by Crippen LogP contribution is -2.37. The Kier molecular flexibility index (Phi) is 40.7. The van der Waals surface area contributed by atoms with E-state index in [1.807, 2.05) is 21.1 Å². The van der Waals surface area contributed by atoms with Gasteiger partial charge in [-0.3, -0.25) is 13.8 Å². The van der Waals surface area contributed by atoms with Gasteiger partial charge >= 0.3 is 13.8 Å². The standard InChI is InChI=1S/C50H88NO7P/c1-6-8-10-12-14-16-18-20-22-23-24-25-26-27-28-29-30-31-33-35-37-39-41-43-50(52)58-49(48-57-59(53,54)56-46-44-51(3,4)5)47-55-45-42-40-38-36-34-32-21-19-17-15-13-11-9-7-2/h8,10-11,13-14,16-17,19-20,22,24-25,27-28,49H,6-7,9,12,15,18,21,23,26,29-48H2,1-5H3/p+1/b10-8-,13-11-,16-14-,19-17-,22-20-,25-24-,28-27-. The van der Waals surface area contributed by atoms with E-state index in [4.69, 9.17) is 18.5 Å². The first-order valence-corrected chi connectivity index (χ1v) is 24.8. The number of carbonyl (C=O) groups is 1. The third-order valence-corrected chi connectivity index (χ3v) is 10.4. The van der Waals surface area contributed by atoms with Crippen LogP contribution in [0.15, 0.2) is 85.1 Å². The van der Waals surface area contributed by atoms with Crippen LogP contribution in [0.4, 0.5) is 0 Å². The highest BCUT2D eigenvalue weighted by Crippen LogP contribution is 2.43. The van der Waals surface area contributed by atoms with E-state index in [2.05, 4.69) is 98.9 Å². The first kappa shape index (κ1) is 56.7. The fourth-order valence-electron chi connectivity index (χ4n) is 5.85. The minimum Gasteiger partial charge on any atom is -0.457 e. The van der Waals surface area contributed by atoms with Gasteiger partial charge in [0.15, 0.2) is 0 Å². The van der Waals surface area contributed by atoms with Gasteiger partial charge in [-0.25, -0.2) is 4.57 Å². The Morgan fingerprint density at radius 2 is 0.983 bits per heavy atom. The maximum absolute atomic E-state index is 12.7. The van der Waals surface area contributed by atoms with E-state index in [0.717, 1.165) is 96.3 Å². The number of unbranched alkanes of at least 4 members (excludes halogenated alkanes) is 14. The van der Waals surface area contributed by atoms with Crippen molar-refractivity contribution in [1.82, 2.24) is 0 Å². The quantitative estimate of drug-likeness (QED) is 0.0215. The highest BCUT2D eigenvalue weighted by molar-refractivity contribution is 7.47. The molecule has 0 aromatic carbocycles. The van der Waals surface area contributed by atoms with Gasteiger partial charge in [-0.2, -0.15) is 0 Å². The van der Waals surface area contributed by atoms with Crippen LogP contribution in [0.3, 0.4) is 0 Å². The fourth-order valence-corrected chi connectivity index (χ4v) is 6.59. The van der Waals surface area contributed by atoms with Gasteiger partial charge in [-0.1, -0.05) is 163 Å². The number of esters is 1. The summed E-state index contributed by atoms with van der Waals surface area (Å²) in [4.78, 5) is 22.9. The van der Waals surface area contributed by atoms with Gasteiger partial charge in [0.1, 0.15) is 19.3 Å². The van der Waals surface area contributed by atoms with Crippen molar-refractivity contribution in [3.63, 3.8) is 0 Å². The van der Waals surface area contributed by atoms with Crippen LogP contribution in [0, 0.1) is 0 Å². The van der Waals surface area contributed by atoms with Crippen LogP contribution in [0.1, 0.15) is 168 Å².